The minimum atomic E-state index is -0.458. The Kier molecular flexibility index (Phi) is 3.58. The van der Waals surface area contributed by atoms with Crippen LogP contribution in [0.3, 0.4) is 0 Å². The Labute approximate surface area is 142 Å². The third-order valence-electron chi connectivity index (χ3n) is 4.17. The van der Waals surface area contributed by atoms with E-state index in [4.69, 9.17) is 11.6 Å². The predicted molar refractivity (Wildman–Crippen MR) is 90.1 cm³/mol. The summed E-state index contributed by atoms with van der Waals surface area (Å²) in [5.74, 6) is -0.508. The first kappa shape index (κ1) is 14.9. The summed E-state index contributed by atoms with van der Waals surface area (Å²) in [4.78, 5) is 12.2. The lowest BCUT2D eigenvalue weighted by atomic mass is 9.87. The van der Waals surface area contributed by atoms with Gasteiger partial charge in [0.2, 0.25) is 5.91 Å². The lowest BCUT2D eigenvalue weighted by Gasteiger charge is -2.24. The summed E-state index contributed by atoms with van der Waals surface area (Å²) >= 11 is 6.20. The molecule has 4 rings (SSSR count). The van der Waals surface area contributed by atoms with Gasteiger partial charge in [0, 0.05) is 28.5 Å². The number of nitrogens with one attached hydrogen (secondary N) is 1. The molecule has 2 heterocycles. The maximum atomic E-state index is 14.3. The van der Waals surface area contributed by atoms with E-state index in [0.29, 0.717) is 16.4 Å². The molecule has 2 aromatic carbocycles. The van der Waals surface area contributed by atoms with Crippen molar-refractivity contribution >= 4 is 23.3 Å². The topological polar surface area (TPSA) is 46.9 Å². The molecule has 0 aliphatic carbocycles. The molecule has 1 atom stereocenters. The van der Waals surface area contributed by atoms with E-state index in [-0.39, 0.29) is 12.3 Å². The van der Waals surface area contributed by atoms with Gasteiger partial charge >= 0.3 is 0 Å². The van der Waals surface area contributed by atoms with Gasteiger partial charge in [0.25, 0.3) is 0 Å². The van der Waals surface area contributed by atoms with E-state index in [2.05, 4.69) is 10.4 Å². The van der Waals surface area contributed by atoms with Crippen LogP contribution in [0.25, 0.3) is 5.69 Å². The van der Waals surface area contributed by atoms with Crippen molar-refractivity contribution < 1.29 is 9.18 Å². The average Bonchev–Trinajstić information content (AvgIpc) is 2.99. The molecule has 120 valence electrons. The first-order valence-electron chi connectivity index (χ1n) is 7.52. The highest BCUT2D eigenvalue weighted by Crippen LogP contribution is 2.41. The predicted octanol–water partition coefficient (Wildman–Crippen LogP) is 4.14. The largest absolute Gasteiger partial charge is 0.310 e. The first-order chi connectivity index (χ1) is 11.6. The maximum Gasteiger partial charge on any atom is 0.226 e. The lowest BCUT2D eigenvalue weighted by molar-refractivity contribution is -0.116. The molecule has 0 saturated carbocycles. The number of benzene rings is 2. The number of para-hydroxylation sites is 1. The number of amides is 1. The number of nitrogens with zero attached hydrogens (tertiary/aromatic N) is 2. The zero-order chi connectivity index (χ0) is 16.7. The van der Waals surface area contributed by atoms with Crippen LogP contribution in [0.15, 0.2) is 54.7 Å². The van der Waals surface area contributed by atoms with Crippen LogP contribution < -0.4 is 5.32 Å². The zero-order valence-corrected chi connectivity index (χ0v) is 13.3. The number of halogens is 2. The van der Waals surface area contributed by atoms with E-state index in [1.807, 2.05) is 30.3 Å². The van der Waals surface area contributed by atoms with Crippen LogP contribution >= 0.6 is 11.6 Å². The molecule has 1 N–H and O–H groups in total. The molecular weight excluding hydrogens is 329 g/mol. The number of fused-ring (bicyclic) bond motifs is 1. The summed E-state index contributed by atoms with van der Waals surface area (Å²) in [7, 11) is 0. The molecule has 1 amide bonds. The van der Waals surface area contributed by atoms with Gasteiger partial charge in [0.1, 0.15) is 11.6 Å². The molecule has 1 unspecified atom stereocenters. The van der Waals surface area contributed by atoms with Gasteiger partial charge in [-0.05, 0) is 24.3 Å². The van der Waals surface area contributed by atoms with Crippen molar-refractivity contribution in [3.8, 4) is 5.69 Å². The van der Waals surface area contributed by atoms with E-state index in [9.17, 15) is 9.18 Å². The van der Waals surface area contributed by atoms with Crippen LogP contribution in [0.1, 0.15) is 23.5 Å². The highest BCUT2D eigenvalue weighted by Gasteiger charge is 2.33. The standard InChI is InChI=1S/C18H13ClFN3O/c19-14-7-4-8-15(20)17(14)12-9-16(24)22-18-13(12)10-21-23(18)11-5-2-1-3-6-11/h1-8,10,12H,9H2,(H,22,24). The van der Waals surface area contributed by atoms with Crippen molar-refractivity contribution in [3.05, 3.63) is 76.7 Å². The van der Waals surface area contributed by atoms with Gasteiger partial charge in [-0.2, -0.15) is 5.10 Å². The van der Waals surface area contributed by atoms with Gasteiger partial charge in [-0.1, -0.05) is 35.9 Å². The number of carbonyl (C=O) groups is 1. The van der Waals surface area contributed by atoms with E-state index in [1.54, 1.807) is 23.0 Å². The molecule has 0 fully saturated rings. The highest BCUT2D eigenvalue weighted by molar-refractivity contribution is 6.31. The Hall–Kier alpha value is -2.66. The molecule has 3 aromatic rings. The fourth-order valence-corrected chi connectivity index (χ4v) is 3.38. The van der Waals surface area contributed by atoms with Gasteiger partial charge in [0.15, 0.2) is 0 Å². The van der Waals surface area contributed by atoms with Gasteiger partial charge in [-0.25, -0.2) is 9.07 Å². The minimum absolute atomic E-state index is 0.133. The van der Waals surface area contributed by atoms with E-state index < -0.39 is 11.7 Å². The van der Waals surface area contributed by atoms with Crippen LogP contribution in [-0.2, 0) is 4.79 Å². The Morgan fingerprint density at radius 3 is 2.71 bits per heavy atom. The molecule has 0 bridgehead atoms. The molecule has 0 saturated heterocycles. The number of carbonyl (C=O) groups excluding carboxylic acids is 1. The molecule has 1 aliphatic rings. The summed E-state index contributed by atoms with van der Waals surface area (Å²) in [6.07, 6.45) is 1.79. The molecular formula is C18H13ClFN3O. The monoisotopic (exact) mass is 341 g/mol. The van der Waals surface area contributed by atoms with Crippen LogP contribution in [0.4, 0.5) is 10.2 Å². The Morgan fingerprint density at radius 1 is 1.17 bits per heavy atom. The second-order valence-corrected chi connectivity index (χ2v) is 6.04. The number of anilines is 1. The van der Waals surface area contributed by atoms with Gasteiger partial charge in [-0.15, -0.1) is 0 Å². The molecule has 0 radical (unpaired) electrons. The molecule has 1 aliphatic heterocycles. The van der Waals surface area contributed by atoms with Crippen LogP contribution in [0, 0.1) is 5.82 Å². The Bertz CT molecular complexity index is 903. The van der Waals surface area contributed by atoms with Crippen molar-refractivity contribution in [2.75, 3.05) is 5.32 Å². The number of aromatic nitrogens is 2. The average molecular weight is 342 g/mol. The summed E-state index contributed by atoms with van der Waals surface area (Å²) in [6, 6.07) is 14.0. The van der Waals surface area contributed by atoms with Crippen molar-refractivity contribution in [2.24, 2.45) is 0 Å². The van der Waals surface area contributed by atoms with Gasteiger partial charge in [-0.3, -0.25) is 4.79 Å². The van der Waals surface area contributed by atoms with Gasteiger partial charge in [0.05, 0.1) is 11.9 Å². The number of rotatable bonds is 2. The molecule has 6 heteroatoms. The van der Waals surface area contributed by atoms with Crippen LogP contribution in [0.5, 0.6) is 0 Å². The quantitative estimate of drug-likeness (QED) is 0.761. The summed E-state index contributed by atoms with van der Waals surface area (Å²) in [5.41, 5.74) is 1.91. The zero-order valence-electron chi connectivity index (χ0n) is 12.5. The van der Waals surface area contributed by atoms with E-state index in [0.717, 1.165) is 11.3 Å². The second kappa shape index (κ2) is 5.76. The van der Waals surface area contributed by atoms with Crippen molar-refractivity contribution in [2.45, 2.75) is 12.3 Å². The maximum absolute atomic E-state index is 14.3. The summed E-state index contributed by atoms with van der Waals surface area (Å²) in [6.45, 7) is 0. The third kappa shape index (κ3) is 2.37. The highest BCUT2D eigenvalue weighted by atomic mass is 35.5. The summed E-state index contributed by atoms with van der Waals surface area (Å²) < 4.78 is 16.0. The third-order valence-corrected chi connectivity index (χ3v) is 4.50. The van der Waals surface area contributed by atoms with Crippen LogP contribution in [-0.4, -0.2) is 15.7 Å². The second-order valence-electron chi connectivity index (χ2n) is 5.64. The van der Waals surface area contributed by atoms with Crippen molar-refractivity contribution in [1.82, 2.24) is 9.78 Å². The smallest absolute Gasteiger partial charge is 0.226 e. The van der Waals surface area contributed by atoms with Crippen molar-refractivity contribution in [3.63, 3.8) is 0 Å². The normalized spacial score (nSPS) is 16.6. The fourth-order valence-electron chi connectivity index (χ4n) is 3.09. The Morgan fingerprint density at radius 2 is 1.96 bits per heavy atom. The van der Waals surface area contributed by atoms with Gasteiger partial charge < -0.3 is 5.32 Å². The lowest BCUT2D eigenvalue weighted by Crippen LogP contribution is -2.25. The summed E-state index contributed by atoms with van der Waals surface area (Å²) in [5, 5.41) is 7.53. The van der Waals surface area contributed by atoms with E-state index in [1.165, 1.54) is 6.07 Å². The van der Waals surface area contributed by atoms with Crippen LogP contribution in [0.2, 0.25) is 5.02 Å². The molecule has 4 nitrogen and oxygen atoms in total. The first-order valence-corrected chi connectivity index (χ1v) is 7.90. The van der Waals surface area contributed by atoms with Crippen molar-refractivity contribution in [1.29, 1.82) is 0 Å². The number of hydrogen-bond acceptors (Lipinski definition) is 2. The fraction of sp³-hybridized carbons (Fsp3) is 0.111. The van der Waals surface area contributed by atoms with E-state index >= 15 is 0 Å². The Balaban J connectivity index is 1.88. The molecule has 1 aromatic heterocycles. The molecule has 0 spiro atoms. The SMILES string of the molecule is O=C1CC(c2c(F)cccc2Cl)c2cnn(-c3ccccc3)c2N1. The minimum Gasteiger partial charge on any atom is -0.310 e. The number of hydrogen-bond donors (Lipinski definition) is 1. The molecule has 24 heavy (non-hydrogen) atoms.